The molecule has 2 N–H and O–H groups in total. The van der Waals surface area contributed by atoms with Gasteiger partial charge in [0.1, 0.15) is 11.2 Å². The van der Waals surface area contributed by atoms with Crippen LogP contribution in [0.4, 0.5) is 9.59 Å². The van der Waals surface area contributed by atoms with E-state index in [1.807, 2.05) is 41.5 Å². The molecule has 40 heavy (non-hydrogen) atoms. The Hall–Kier alpha value is -1.92. The molecule has 0 radical (unpaired) electrons. The fraction of sp³-hybridized carbons (Fsp3) is 0.862. The van der Waals surface area contributed by atoms with Crippen LogP contribution in [0.25, 0.3) is 0 Å². The van der Waals surface area contributed by atoms with E-state index in [1.165, 1.54) is 0 Å². The molecule has 0 atom stereocenters. The van der Waals surface area contributed by atoms with Crippen LogP contribution in [0.3, 0.4) is 0 Å². The van der Waals surface area contributed by atoms with Crippen molar-refractivity contribution in [3.05, 3.63) is 12.7 Å². The van der Waals surface area contributed by atoms with Gasteiger partial charge in [-0.3, -0.25) is 0 Å². The molecule has 0 aliphatic carbocycles. The Morgan fingerprint density at radius 3 is 1.43 bits per heavy atom. The van der Waals surface area contributed by atoms with E-state index in [0.29, 0.717) is 65.9 Å². The first kappa shape index (κ1) is 38.1. The first-order valence-corrected chi connectivity index (χ1v) is 14.5. The number of alkyl carbamates (subject to hydrolysis) is 2. The number of hydrogen-bond acceptors (Lipinski definition) is 9. The SMILES string of the molecule is C=CCOCCOCCOCCOCCN(CCCCNC(=O)OC(C)(C)C)CCCCNC(=O)OC(C)(C)C. The van der Waals surface area contributed by atoms with Gasteiger partial charge in [-0.05, 0) is 80.3 Å². The third-order valence-electron chi connectivity index (χ3n) is 5.04. The minimum atomic E-state index is -0.501. The molecule has 0 rings (SSSR count). The molecular weight excluding hydrogens is 518 g/mol. The van der Waals surface area contributed by atoms with Crippen LogP contribution in [0.2, 0.25) is 0 Å². The number of amides is 2. The lowest BCUT2D eigenvalue weighted by Crippen LogP contribution is -2.34. The largest absolute Gasteiger partial charge is 0.444 e. The Labute approximate surface area is 242 Å². The second-order valence-electron chi connectivity index (χ2n) is 11.3. The smallest absolute Gasteiger partial charge is 0.407 e. The number of unbranched alkanes of at least 4 members (excludes halogenated alkanes) is 2. The molecule has 0 aliphatic rings. The zero-order valence-corrected chi connectivity index (χ0v) is 26.0. The average molecular weight is 576 g/mol. The number of rotatable bonds is 24. The molecule has 0 fully saturated rings. The Morgan fingerprint density at radius 2 is 1.02 bits per heavy atom. The summed E-state index contributed by atoms with van der Waals surface area (Å²) in [6.45, 7) is 22.7. The van der Waals surface area contributed by atoms with Gasteiger partial charge >= 0.3 is 12.2 Å². The summed E-state index contributed by atoms with van der Waals surface area (Å²) in [5.41, 5.74) is -1.00. The van der Waals surface area contributed by atoms with E-state index in [4.69, 9.17) is 28.4 Å². The van der Waals surface area contributed by atoms with Crippen molar-refractivity contribution >= 4 is 12.2 Å². The maximum Gasteiger partial charge on any atom is 0.407 e. The predicted octanol–water partition coefficient (Wildman–Crippen LogP) is 4.15. The van der Waals surface area contributed by atoms with Gasteiger partial charge in [0.2, 0.25) is 0 Å². The van der Waals surface area contributed by atoms with Gasteiger partial charge in [0.15, 0.2) is 0 Å². The van der Waals surface area contributed by atoms with Gasteiger partial charge in [0, 0.05) is 19.6 Å². The standard InChI is InChI=1S/C29H57N3O8/c1-8-18-35-20-22-37-24-25-38-23-21-36-19-17-32(15-11-9-13-30-26(33)39-28(2,3)4)16-12-10-14-31-27(34)40-29(5,6)7/h8H,1,9-25H2,2-7H3,(H,30,33)(H,31,34). The van der Waals surface area contributed by atoms with Crippen molar-refractivity contribution in [3.8, 4) is 0 Å². The quantitative estimate of drug-likeness (QED) is 0.129. The van der Waals surface area contributed by atoms with E-state index >= 15 is 0 Å². The number of nitrogens with zero attached hydrogens (tertiary/aromatic N) is 1. The number of hydrogen-bond donors (Lipinski definition) is 2. The maximum absolute atomic E-state index is 11.8. The van der Waals surface area contributed by atoms with Crippen LogP contribution in [0.15, 0.2) is 12.7 Å². The minimum Gasteiger partial charge on any atom is -0.444 e. The van der Waals surface area contributed by atoms with Crippen LogP contribution in [0, 0.1) is 0 Å². The van der Waals surface area contributed by atoms with E-state index in [-0.39, 0.29) is 12.2 Å². The molecule has 0 saturated carbocycles. The van der Waals surface area contributed by atoms with E-state index in [2.05, 4.69) is 22.1 Å². The zero-order chi connectivity index (χ0) is 30.1. The van der Waals surface area contributed by atoms with Gasteiger partial charge in [-0.2, -0.15) is 0 Å². The molecule has 0 aromatic rings. The third kappa shape index (κ3) is 29.1. The Balaban J connectivity index is 4.14. The van der Waals surface area contributed by atoms with Crippen LogP contribution in [0.1, 0.15) is 67.2 Å². The summed E-state index contributed by atoms with van der Waals surface area (Å²) in [6.07, 6.45) is 4.52. The monoisotopic (exact) mass is 575 g/mol. The van der Waals surface area contributed by atoms with Gasteiger partial charge in [-0.15, -0.1) is 6.58 Å². The Morgan fingerprint density at radius 1 is 0.625 bits per heavy atom. The van der Waals surface area contributed by atoms with Gasteiger partial charge in [0.25, 0.3) is 0 Å². The summed E-state index contributed by atoms with van der Waals surface area (Å²) in [7, 11) is 0. The molecule has 0 saturated heterocycles. The zero-order valence-electron chi connectivity index (χ0n) is 26.0. The predicted molar refractivity (Wildman–Crippen MR) is 157 cm³/mol. The molecule has 0 spiro atoms. The molecule has 11 nitrogen and oxygen atoms in total. The van der Waals surface area contributed by atoms with Crippen molar-refractivity contribution in [1.82, 2.24) is 15.5 Å². The first-order valence-electron chi connectivity index (χ1n) is 14.5. The van der Waals surface area contributed by atoms with E-state index in [1.54, 1.807) is 6.08 Å². The molecular formula is C29H57N3O8. The minimum absolute atomic E-state index is 0.387. The van der Waals surface area contributed by atoms with Gasteiger partial charge in [-0.1, -0.05) is 6.08 Å². The second kappa shape index (κ2) is 23.8. The summed E-state index contributed by atoms with van der Waals surface area (Å²) in [6, 6.07) is 0. The molecule has 11 heteroatoms. The lowest BCUT2D eigenvalue weighted by atomic mass is 10.2. The molecule has 0 unspecified atom stereocenters. The number of nitrogens with one attached hydrogen (secondary N) is 2. The van der Waals surface area contributed by atoms with Crippen LogP contribution in [-0.4, -0.2) is 114 Å². The topological polar surface area (TPSA) is 117 Å². The average Bonchev–Trinajstić information content (AvgIpc) is 2.83. The van der Waals surface area contributed by atoms with Gasteiger partial charge < -0.3 is 44.0 Å². The van der Waals surface area contributed by atoms with Crippen molar-refractivity contribution in [1.29, 1.82) is 0 Å². The number of ether oxygens (including phenoxy) is 6. The fourth-order valence-corrected chi connectivity index (χ4v) is 3.29. The number of carbonyl (C=O) groups excluding carboxylic acids is 2. The number of carbonyl (C=O) groups is 2. The highest BCUT2D eigenvalue weighted by Gasteiger charge is 2.16. The van der Waals surface area contributed by atoms with Crippen LogP contribution < -0.4 is 10.6 Å². The molecule has 0 aliphatic heterocycles. The van der Waals surface area contributed by atoms with Crippen molar-refractivity contribution in [2.75, 3.05) is 85.6 Å². The normalized spacial score (nSPS) is 11.9. The Bertz CT molecular complexity index is 612. The van der Waals surface area contributed by atoms with Crippen molar-refractivity contribution < 1.29 is 38.0 Å². The summed E-state index contributed by atoms with van der Waals surface area (Å²) < 4.78 is 32.5. The van der Waals surface area contributed by atoms with Crippen LogP contribution in [-0.2, 0) is 28.4 Å². The van der Waals surface area contributed by atoms with Gasteiger partial charge in [0.05, 0.1) is 52.9 Å². The third-order valence-corrected chi connectivity index (χ3v) is 5.04. The lowest BCUT2D eigenvalue weighted by molar-refractivity contribution is -0.00150. The van der Waals surface area contributed by atoms with Crippen LogP contribution >= 0.6 is 0 Å². The summed E-state index contributed by atoms with van der Waals surface area (Å²) in [5, 5.41) is 5.61. The molecule has 0 aromatic heterocycles. The second-order valence-corrected chi connectivity index (χ2v) is 11.3. The van der Waals surface area contributed by atoms with Gasteiger partial charge in [-0.25, -0.2) is 9.59 Å². The van der Waals surface area contributed by atoms with Crippen molar-refractivity contribution in [2.45, 2.75) is 78.4 Å². The highest BCUT2D eigenvalue weighted by atomic mass is 16.6. The fourth-order valence-electron chi connectivity index (χ4n) is 3.29. The summed E-state index contributed by atoms with van der Waals surface area (Å²) in [5.74, 6) is 0. The highest BCUT2D eigenvalue weighted by Crippen LogP contribution is 2.07. The summed E-state index contributed by atoms with van der Waals surface area (Å²) >= 11 is 0. The first-order chi connectivity index (χ1) is 18.9. The van der Waals surface area contributed by atoms with E-state index < -0.39 is 11.2 Å². The summed E-state index contributed by atoms with van der Waals surface area (Å²) in [4.78, 5) is 26.0. The Kier molecular flexibility index (Phi) is 22.6. The molecule has 236 valence electrons. The molecule has 0 bridgehead atoms. The van der Waals surface area contributed by atoms with Crippen molar-refractivity contribution in [2.24, 2.45) is 0 Å². The van der Waals surface area contributed by atoms with E-state index in [0.717, 1.165) is 45.3 Å². The van der Waals surface area contributed by atoms with Crippen LogP contribution in [0.5, 0.6) is 0 Å². The molecule has 2 amide bonds. The van der Waals surface area contributed by atoms with Crippen molar-refractivity contribution in [3.63, 3.8) is 0 Å². The van der Waals surface area contributed by atoms with E-state index in [9.17, 15) is 9.59 Å². The molecule has 0 aromatic carbocycles. The molecule has 0 heterocycles. The maximum atomic E-state index is 11.8. The highest BCUT2D eigenvalue weighted by molar-refractivity contribution is 5.67. The lowest BCUT2D eigenvalue weighted by Gasteiger charge is -2.23.